The second-order valence-corrected chi connectivity index (χ2v) is 6.00. The van der Waals surface area contributed by atoms with Crippen LogP contribution in [0.5, 0.6) is 0 Å². The Bertz CT molecular complexity index is 790. The van der Waals surface area contributed by atoms with Crippen molar-refractivity contribution in [3.8, 4) is 9.75 Å². The first-order valence-electron chi connectivity index (χ1n) is 5.46. The summed E-state index contributed by atoms with van der Waals surface area (Å²) < 4.78 is 1.36. The third kappa shape index (κ3) is 1.36. The van der Waals surface area contributed by atoms with Gasteiger partial charge >= 0.3 is 0 Å². The molecule has 4 aromatic rings. The number of rotatable bonds is 1. The van der Waals surface area contributed by atoms with Crippen LogP contribution in [0.1, 0.15) is 0 Å². The summed E-state index contributed by atoms with van der Waals surface area (Å²) in [4.78, 5) is 6.18. The number of nitrogens with one attached hydrogen (secondary N) is 1. The summed E-state index contributed by atoms with van der Waals surface area (Å²) in [5.41, 5.74) is 2.48. The minimum atomic E-state index is 1.23. The van der Waals surface area contributed by atoms with Gasteiger partial charge < -0.3 is 4.98 Å². The Morgan fingerprint density at radius 2 is 1.82 bits per heavy atom. The molecule has 0 aliphatic carbocycles. The Labute approximate surface area is 106 Å². The minimum absolute atomic E-state index is 1.23. The number of hydrogen-bond acceptors (Lipinski definition) is 2. The third-order valence-corrected chi connectivity index (χ3v) is 5.17. The summed E-state index contributed by atoms with van der Waals surface area (Å²) in [6, 6.07) is 15.0. The van der Waals surface area contributed by atoms with Crippen molar-refractivity contribution < 1.29 is 0 Å². The third-order valence-electron chi connectivity index (χ3n) is 2.94. The van der Waals surface area contributed by atoms with E-state index in [-0.39, 0.29) is 0 Å². The molecule has 0 bridgehead atoms. The van der Waals surface area contributed by atoms with Crippen LogP contribution in [0.3, 0.4) is 0 Å². The predicted molar refractivity (Wildman–Crippen MR) is 77.0 cm³/mol. The van der Waals surface area contributed by atoms with E-state index in [9.17, 15) is 0 Å². The number of para-hydroxylation sites is 1. The number of H-pyrrole nitrogens is 1. The van der Waals surface area contributed by atoms with E-state index >= 15 is 0 Å². The van der Waals surface area contributed by atoms with E-state index in [1.807, 2.05) is 11.3 Å². The number of aromatic amines is 1. The zero-order chi connectivity index (χ0) is 11.2. The van der Waals surface area contributed by atoms with E-state index in [1.54, 1.807) is 11.3 Å². The first-order chi connectivity index (χ1) is 8.42. The molecule has 4 rings (SSSR count). The summed E-state index contributed by atoms with van der Waals surface area (Å²) in [6.07, 6.45) is 0. The highest BCUT2D eigenvalue weighted by molar-refractivity contribution is 7.26. The van der Waals surface area contributed by atoms with E-state index in [2.05, 4.69) is 52.8 Å². The molecule has 3 aromatic heterocycles. The van der Waals surface area contributed by atoms with Gasteiger partial charge in [0.1, 0.15) is 0 Å². The molecule has 0 saturated carbocycles. The van der Waals surface area contributed by atoms with Crippen molar-refractivity contribution >= 4 is 43.8 Å². The zero-order valence-electron chi connectivity index (χ0n) is 8.94. The maximum atomic E-state index is 3.48. The Morgan fingerprint density at radius 1 is 0.882 bits per heavy atom. The van der Waals surface area contributed by atoms with Crippen molar-refractivity contribution in [2.45, 2.75) is 0 Å². The number of benzene rings is 1. The summed E-state index contributed by atoms with van der Waals surface area (Å²) in [5, 5.41) is 3.46. The molecule has 0 radical (unpaired) electrons. The highest BCUT2D eigenvalue weighted by Crippen LogP contribution is 2.39. The van der Waals surface area contributed by atoms with Crippen molar-refractivity contribution in [2.24, 2.45) is 0 Å². The van der Waals surface area contributed by atoms with Crippen LogP contribution >= 0.6 is 22.7 Å². The lowest BCUT2D eigenvalue weighted by molar-refractivity contribution is 1.56. The molecule has 0 spiro atoms. The largest absolute Gasteiger partial charge is 0.354 e. The van der Waals surface area contributed by atoms with Crippen LogP contribution < -0.4 is 0 Å². The Morgan fingerprint density at radius 3 is 2.71 bits per heavy atom. The number of hydrogen-bond donors (Lipinski definition) is 1. The molecule has 82 valence electrons. The molecule has 0 saturated heterocycles. The van der Waals surface area contributed by atoms with Gasteiger partial charge in [0.25, 0.3) is 0 Å². The molecule has 0 fully saturated rings. The van der Waals surface area contributed by atoms with E-state index in [1.165, 1.54) is 30.9 Å². The van der Waals surface area contributed by atoms with Gasteiger partial charge in [-0.25, -0.2) is 0 Å². The molecule has 0 aliphatic heterocycles. The second kappa shape index (κ2) is 3.45. The minimum Gasteiger partial charge on any atom is -0.354 e. The predicted octanol–water partition coefficient (Wildman–Crippen LogP) is 5.11. The van der Waals surface area contributed by atoms with Crippen molar-refractivity contribution in [2.75, 3.05) is 0 Å². The molecule has 17 heavy (non-hydrogen) atoms. The van der Waals surface area contributed by atoms with Crippen LogP contribution in [0.4, 0.5) is 0 Å². The van der Waals surface area contributed by atoms with Gasteiger partial charge in [-0.3, -0.25) is 0 Å². The molecule has 1 N–H and O–H groups in total. The first-order valence-corrected chi connectivity index (χ1v) is 7.15. The smallest absolute Gasteiger partial charge is 0.0605 e. The van der Waals surface area contributed by atoms with Gasteiger partial charge in [0.2, 0.25) is 0 Å². The Hall–Kier alpha value is -1.58. The molecule has 0 amide bonds. The topological polar surface area (TPSA) is 15.8 Å². The fourth-order valence-corrected chi connectivity index (χ4v) is 4.14. The van der Waals surface area contributed by atoms with Crippen molar-refractivity contribution in [1.82, 2.24) is 4.98 Å². The van der Waals surface area contributed by atoms with Gasteiger partial charge in [-0.05, 0) is 23.6 Å². The molecule has 3 heterocycles. The first kappa shape index (κ1) is 9.45. The second-order valence-electron chi connectivity index (χ2n) is 4.00. The lowest BCUT2D eigenvalue weighted by atomic mass is 10.2. The van der Waals surface area contributed by atoms with Crippen LogP contribution in [-0.4, -0.2) is 4.98 Å². The van der Waals surface area contributed by atoms with Gasteiger partial charge in [-0.1, -0.05) is 24.3 Å². The fourth-order valence-electron chi connectivity index (χ4n) is 2.16. The highest BCUT2D eigenvalue weighted by atomic mass is 32.1. The summed E-state index contributed by atoms with van der Waals surface area (Å²) in [7, 11) is 0. The molecular formula is C14H9NS2. The number of fused-ring (bicyclic) bond motifs is 3. The summed E-state index contributed by atoms with van der Waals surface area (Å²) >= 11 is 3.67. The van der Waals surface area contributed by atoms with Crippen LogP contribution in [-0.2, 0) is 0 Å². The van der Waals surface area contributed by atoms with Crippen molar-refractivity contribution in [3.05, 3.63) is 47.8 Å². The summed E-state index contributed by atoms with van der Waals surface area (Å²) in [5.74, 6) is 0. The van der Waals surface area contributed by atoms with E-state index in [4.69, 9.17) is 0 Å². The Kier molecular flexibility index (Phi) is 1.92. The molecule has 1 aromatic carbocycles. The van der Waals surface area contributed by atoms with E-state index in [0.29, 0.717) is 0 Å². The number of aromatic nitrogens is 1. The molecule has 0 aliphatic rings. The maximum absolute atomic E-state index is 3.48. The van der Waals surface area contributed by atoms with Crippen molar-refractivity contribution in [3.63, 3.8) is 0 Å². The lowest BCUT2D eigenvalue weighted by Crippen LogP contribution is -1.65. The standard InChI is InChI=1S/C14H9NS2/c1-2-5-10-9(4-1)14-11(15-10)8-13(17-14)12-6-3-7-16-12/h1-8,15H. The monoisotopic (exact) mass is 255 g/mol. The molecule has 0 atom stereocenters. The summed E-state index contributed by atoms with van der Waals surface area (Å²) in [6.45, 7) is 0. The normalized spacial score (nSPS) is 11.5. The van der Waals surface area contributed by atoms with E-state index < -0.39 is 0 Å². The quantitative estimate of drug-likeness (QED) is 0.486. The maximum Gasteiger partial charge on any atom is 0.0605 e. The van der Waals surface area contributed by atoms with Crippen LogP contribution in [0.15, 0.2) is 47.8 Å². The van der Waals surface area contributed by atoms with Crippen molar-refractivity contribution in [1.29, 1.82) is 0 Å². The lowest BCUT2D eigenvalue weighted by Gasteiger charge is -1.89. The highest BCUT2D eigenvalue weighted by Gasteiger charge is 2.09. The molecule has 0 unspecified atom stereocenters. The van der Waals surface area contributed by atoms with Crippen LogP contribution in [0, 0.1) is 0 Å². The average molecular weight is 255 g/mol. The van der Waals surface area contributed by atoms with Gasteiger partial charge in [-0.15, -0.1) is 22.7 Å². The van der Waals surface area contributed by atoms with E-state index in [0.717, 1.165) is 0 Å². The SMILES string of the molecule is c1csc(-c2cc3[nH]c4ccccc4c3s2)c1. The van der Waals surface area contributed by atoms with Gasteiger partial charge in [-0.2, -0.15) is 0 Å². The molecule has 1 nitrogen and oxygen atoms in total. The van der Waals surface area contributed by atoms with Crippen LogP contribution in [0.2, 0.25) is 0 Å². The van der Waals surface area contributed by atoms with Gasteiger partial charge in [0.05, 0.1) is 10.2 Å². The number of thiophene rings is 2. The Balaban J connectivity index is 2.05. The average Bonchev–Trinajstić information content (AvgIpc) is 3.03. The molecule has 3 heteroatoms. The van der Waals surface area contributed by atoms with Crippen LogP contribution in [0.25, 0.3) is 30.9 Å². The zero-order valence-corrected chi connectivity index (χ0v) is 10.6. The fraction of sp³-hybridized carbons (Fsp3) is 0. The van der Waals surface area contributed by atoms with Gasteiger partial charge in [0.15, 0.2) is 0 Å². The molecular weight excluding hydrogens is 246 g/mol. The van der Waals surface area contributed by atoms with Gasteiger partial charge in [0, 0.05) is 20.7 Å².